The highest BCUT2D eigenvalue weighted by Crippen LogP contribution is 2.22. The number of carboxylic acids is 1. The molecule has 19 heavy (non-hydrogen) atoms. The molecule has 0 radical (unpaired) electrons. The molecule has 0 fully saturated rings. The molecule has 5 heteroatoms. The Hall–Kier alpha value is -1.81. The first-order valence-electron chi connectivity index (χ1n) is 5.99. The summed E-state index contributed by atoms with van der Waals surface area (Å²) in [4.78, 5) is 15.4. The summed E-state index contributed by atoms with van der Waals surface area (Å²) in [5.74, 6) is -0.145. The van der Waals surface area contributed by atoms with Gasteiger partial charge in [0.05, 0.1) is 12.2 Å². The van der Waals surface area contributed by atoms with Crippen molar-refractivity contribution in [1.29, 1.82) is 0 Å². The quantitative estimate of drug-likeness (QED) is 0.936. The van der Waals surface area contributed by atoms with Gasteiger partial charge >= 0.3 is 5.97 Å². The molecule has 1 N–H and O–H groups in total. The number of aryl methyl sites for hydroxylation is 1. The predicted molar refractivity (Wildman–Crippen MR) is 76.1 cm³/mol. The van der Waals surface area contributed by atoms with Crippen LogP contribution < -0.4 is 0 Å². The van der Waals surface area contributed by atoms with Crippen molar-refractivity contribution in [3.63, 3.8) is 0 Å². The Morgan fingerprint density at radius 1 is 1.37 bits per heavy atom. The molecule has 2 aromatic rings. The number of hydrogen-bond donors (Lipinski definition) is 1. The number of hydrogen-bond acceptors (Lipinski definition) is 2. The Kier molecular flexibility index (Phi) is 5.12. The smallest absolute Gasteiger partial charge is 0.354 e. The van der Waals surface area contributed by atoms with Crippen LogP contribution in [0.5, 0.6) is 0 Å². The van der Waals surface area contributed by atoms with Gasteiger partial charge in [0.2, 0.25) is 0 Å². The Bertz CT molecular complexity index is 552. The van der Waals surface area contributed by atoms with Crippen molar-refractivity contribution in [1.82, 2.24) is 9.55 Å². The molecule has 0 aliphatic heterocycles. The number of aromatic carboxylic acids is 1. The average molecular weight is 281 g/mol. The first kappa shape index (κ1) is 15.2. The van der Waals surface area contributed by atoms with E-state index < -0.39 is 5.97 Å². The SMILES string of the molecule is CCc1ncc(C(=O)O)n1[C@H](C)c1ccccc1.Cl. The summed E-state index contributed by atoms with van der Waals surface area (Å²) in [6.45, 7) is 3.96. The predicted octanol–water partition coefficient (Wildman–Crippen LogP) is 3.17. The molecule has 0 aliphatic rings. The van der Waals surface area contributed by atoms with Gasteiger partial charge in [-0.3, -0.25) is 0 Å². The summed E-state index contributed by atoms with van der Waals surface area (Å²) in [6.07, 6.45) is 2.14. The third-order valence-electron chi connectivity index (χ3n) is 3.08. The average Bonchev–Trinajstić information content (AvgIpc) is 2.82. The fourth-order valence-corrected chi connectivity index (χ4v) is 2.13. The zero-order chi connectivity index (χ0) is 13.1. The summed E-state index contributed by atoms with van der Waals surface area (Å²) in [7, 11) is 0. The molecule has 1 heterocycles. The molecule has 2 rings (SSSR count). The Morgan fingerprint density at radius 2 is 2.00 bits per heavy atom. The molecule has 0 saturated carbocycles. The topological polar surface area (TPSA) is 55.1 Å². The molecule has 1 aromatic carbocycles. The highest BCUT2D eigenvalue weighted by atomic mass is 35.5. The molecular formula is C14H17ClN2O2. The van der Waals surface area contributed by atoms with Crippen molar-refractivity contribution in [2.75, 3.05) is 0 Å². The van der Waals surface area contributed by atoms with Crippen molar-refractivity contribution in [2.45, 2.75) is 26.3 Å². The molecule has 0 spiro atoms. The van der Waals surface area contributed by atoms with Crippen LogP contribution in [0.4, 0.5) is 0 Å². The second-order valence-electron chi connectivity index (χ2n) is 4.18. The second-order valence-corrected chi connectivity index (χ2v) is 4.18. The van der Waals surface area contributed by atoms with E-state index in [0.717, 1.165) is 11.4 Å². The van der Waals surface area contributed by atoms with E-state index in [1.165, 1.54) is 6.20 Å². The minimum atomic E-state index is -0.940. The summed E-state index contributed by atoms with van der Waals surface area (Å²) in [6, 6.07) is 9.81. The fourth-order valence-electron chi connectivity index (χ4n) is 2.13. The van der Waals surface area contributed by atoms with Gasteiger partial charge in [0.15, 0.2) is 0 Å². The molecule has 1 aromatic heterocycles. The number of carboxylic acid groups (broad SMARTS) is 1. The van der Waals surface area contributed by atoms with Crippen LogP contribution in [-0.4, -0.2) is 20.6 Å². The van der Waals surface area contributed by atoms with Crippen molar-refractivity contribution < 1.29 is 9.90 Å². The number of carbonyl (C=O) groups is 1. The molecule has 0 saturated heterocycles. The third kappa shape index (κ3) is 2.96. The van der Waals surface area contributed by atoms with E-state index in [1.807, 2.05) is 44.2 Å². The van der Waals surface area contributed by atoms with E-state index in [9.17, 15) is 9.90 Å². The summed E-state index contributed by atoms with van der Waals surface area (Å²) in [5.41, 5.74) is 1.32. The summed E-state index contributed by atoms with van der Waals surface area (Å²) < 4.78 is 1.79. The van der Waals surface area contributed by atoms with Gasteiger partial charge in [0.25, 0.3) is 0 Å². The van der Waals surface area contributed by atoms with Gasteiger partial charge in [-0.1, -0.05) is 37.3 Å². The number of imidazole rings is 1. The largest absolute Gasteiger partial charge is 0.477 e. The maximum Gasteiger partial charge on any atom is 0.354 e. The molecule has 1 atom stereocenters. The lowest BCUT2D eigenvalue weighted by Crippen LogP contribution is -2.16. The number of benzene rings is 1. The maximum atomic E-state index is 11.2. The van der Waals surface area contributed by atoms with Crippen LogP contribution in [0.25, 0.3) is 0 Å². The van der Waals surface area contributed by atoms with Gasteiger partial charge in [-0.05, 0) is 12.5 Å². The Balaban J connectivity index is 0.00000180. The minimum absolute atomic E-state index is 0. The van der Waals surface area contributed by atoms with Crippen LogP contribution in [0.1, 0.15) is 41.8 Å². The number of rotatable bonds is 4. The van der Waals surface area contributed by atoms with Crippen LogP contribution >= 0.6 is 12.4 Å². The number of nitrogens with zero attached hydrogens (tertiary/aromatic N) is 2. The third-order valence-corrected chi connectivity index (χ3v) is 3.08. The molecule has 0 amide bonds. The van der Waals surface area contributed by atoms with Crippen molar-refractivity contribution in [3.05, 3.63) is 53.6 Å². The molecule has 0 aliphatic carbocycles. The monoisotopic (exact) mass is 280 g/mol. The normalized spacial score (nSPS) is 11.7. The van der Waals surface area contributed by atoms with E-state index in [2.05, 4.69) is 4.98 Å². The van der Waals surface area contributed by atoms with Gasteiger partial charge in [0, 0.05) is 6.42 Å². The van der Waals surface area contributed by atoms with Crippen LogP contribution in [-0.2, 0) is 6.42 Å². The Morgan fingerprint density at radius 3 is 2.53 bits per heavy atom. The fraction of sp³-hybridized carbons (Fsp3) is 0.286. The van der Waals surface area contributed by atoms with Crippen molar-refractivity contribution in [3.8, 4) is 0 Å². The van der Waals surface area contributed by atoms with Gasteiger partial charge in [-0.15, -0.1) is 12.4 Å². The van der Waals surface area contributed by atoms with E-state index in [1.54, 1.807) is 4.57 Å². The van der Waals surface area contributed by atoms with Crippen LogP contribution in [0.3, 0.4) is 0 Å². The standard InChI is InChI=1S/C14H16N2O2.ClH/c1-3-13-15-9-12(14(17)18)16(13)10(2)11-7-5-4-6-8-11;/h4-10H,3H2,1-2H3,(H,17,18);1H/t10-;/m1./s1. The van der Waals surface area contributed by atoms with Gasteiger partial charge in [0.1, 0.15) is 11.5 Å². The van der Waals surface area contributed by atoms with E-state index in [-0.39, 0.29) is 24.1 Å². The second kappa shape index (κ2) is 6.38. The Labute approximate surface area is 118 Å². The molecule has 0 unspecified atom stereocenters. The zero-order valence-corrected chi connectivity index (χ0v) is 11.7. The highest BCUT2D eigenvalue weighted by molar-refractivity contribution is 5.85. The van der Waals surface area contributed by atoms with Crippen molar-refractivity contribution >= 4 is 18.4 Å². The number of aromatic nitrogens is 2. The first-order valence-corrected chi connectivity index (χ1v) is 5.99. The van der Waals surface area contributed by atoms with Crippen LogP contribution in [0, 0.1) is 0 Å². The van der Waals surface area contributed by atoms with E-state index >= 15 is 0 Å². The van der Waals surface area contributed by atoms with Crippen molar-refractivity contribution in [2.24, 2.45) is 0 Å². The highest BCUT2D eigenvalue weighted by Gasteiger charge is 2.19. The molecule has 0 bridgehead atoms. The zero-order valence-electron chi connectivity index (χ0n) is 10.9. The maximum absolute atomic E-state index is 11.2. The van der Waals surface area contributed by atoms with Crippen LogP contribution in [0.15, 0.2) is 36.5 Å². The van der Waals surface area contributed by atoms with Gasteiger partial charge < -0.3 is 9.67 Å². The minimum Gasteiger partial charge on any atom is -0.477 e. The van der Waals surface area contributed by atoms with E-state index in [4.69, 9.17) is 0 Å². The lowest BCUT2D eigenvalue weighted by molar-refractivity contribution is 0.0683. The molecule has 102 valence electrons. The lowest BCUT2D eigenvalue weighted by Gasteiger charge is -2.18. The first-order chi connectivity index (χ1) is 8.65. The van der Waals surface area contributed by atoms with Crippen LogP contribution in [0.2, 0.25) is 0 Å². The van der Waals surface area contributed by atoms with E-state index in [0.29, 0.717) is 6.42 Å². The summed E-state index contributed by atoms with van der Waals surface area (Å²) >= 11 is 0. The lowest BCUT2D eigenvalue weighted by atomic mass is 10.1. The number of halogens is 1. The molecule has 4 nitrogen and oxygen atoms in total. The van der Waals surface area contributed by atoms with Gasteiger partial charge in [-0.25, -0.2) is 9.78 Å². The van der Waals surface area contributed by atoms with Gasteiger partial charge in [-0.2, -0.15) is 0 Å². The summed E-state index contributed by atoms with van der Waals surface area (Å²) in [5, 5.41) is 9.21. The molecular weight excluding hydrogens is 264 g/mol.